The summed E-state index contributed by atoms with van der Waals surface area (Å²) in [4.78, 5) is 9.32. The Morgan fingerprint density at radius 3 is 2.69 bits per heavy atom. The van der Waals surface area contributed by atoms with Crippen molar-refractivity contribution in [2.24, 2.45) is 0 Å². The molecule has 0 unspecified atom stereocenters. The third-order valence-electron chi connectivity index (χ3n) is 5.72. The molecule has 1 aromatic heterocycles. The molecule has 32 heavy (non-hydrogen) atoms. The first-order chi connectivity index (χ1) is 15.5. The number of fused-ring (bicyclic) bond motifs is 1. The Morgan fingerprint density at radius 1 is 1.12 bits per heavy atom. The topological polar surface area (TPSA) is 55.2 Å². The van der Waals surface area contributed by atoms with Crippen LogP contribution in [-0.2, 0) is 0 Å². The van der Waals surface area contributed by atoms with E-state index in [1.54, 1.807) is 24.4 Å². The first kappa shape index (κ1) is 22.6. The molecule has 1 saturated heterocycles. The van der Waals surface area contributed by atoms with E-state index >= 15 is 0 Å². The molecule has 0 bridgehead atoms. The lowest BCUT2D eigenvalue weighted by atomic mass is 10.1. The maximum Gasteiger partial charge on any atom is 0.103 e. The van der Waals surface area contributed by atoms with Crippen LogP contribution in [0.25, 0.3) is 17.0 Å². The maximum absolute atomic E-state index is 9.65. The van der Waals surface area contributed by atoms with E-state index < -0.39 is 0 Å². The Morgan fingerprint density at radius 2 is 1.94 bits per heavy atom. The van der Waals surface area contributed by atoms with Crippen molar-refractivity contribution in [3.63, 3.8) is 0 Å². The fraction of sp³-hybridized carbons (Fsp3) is 0.280. The van der Waals surface area contributed by atoms with E-state index in [1.807, 2.05) is 12.1 Å². The van der Waals surface area contributed by atoms with Gasteiger partial charge in [0.1, 0.15) is 6.07 Å². The highest BCUT2D eigenvalue weighted by molar-refractivity contribution is 6.36. The molecule has 0 amide bonds. The predicted octanol–water partition coefficient (Wildman–Crippen LogP) is 5.81. The van der Waals surface area contributed by atoms with Gasteiger partial charge in [-0.25, -0.2) is 0 Å². The Bertz CT molecular complexity index is 1180. The quantitative estimate of drug-likeness (QED) is 0.497. The minimum atomic E-state index is 0.458. The van der Waals surface area contributed by atoms with Crippen LogP contribution in [0.5, 0.6) is 0 Å². The zero-order chi connectivity index (χ0) is 22.5. The second-order valence-electron chi connectivity index (χ2n) is 8.02. The van der Waals surface area contributed by atoms with E-state index in [9.17, 15) is 5.26 Å². The van der Waals surface area contributed by atoms with Crippen molar-refractivity contribution in [3.8, 4) is 6.07 Å². The molecular formula is C25H25Cl2N5. The number of halogens is 2. The molecule has 0 saturated carbocycles. The van der Waals surface area contributed by atoms with E-state index in [2.05, 4.69) is 51.4 Å². The van der Waals surface area contributed by atoms with Gasteiger partial charge >= 0.3 is 0 Å². The van der Waals surface area contributed by atoms with Gasteiger partial charge in [0.25, 0.3) is 0 Å². The van der Waals surface area contributed by atoms with E-state index in [0.29, 0.717) is 27.0 Å². The van der Waals surface area contributed by atoms with Crippen molar-refractivity contribution in [1.29, 1.82) is 5.26 Å². The van der Waals surface area contributed by atoms with Crippen LogP contribution in [0.2, 0.25) is 10.0 Å². The fourth-order valence-corrected chi connectivity index (χ4v) is 4.26. The van der Waals surface area contributed by atoms with E-state index in [0.717, 1.165) is 55.6 Å². The highest BCUT2D eigenvalue weighted by Gasteiger charge is 2.13. The number of hydrogen-bond donors (Lipinski definition) is 1. The second kappa shape index (κ2) is 10.3. The number of nitriles is 1. The Kier molecular flexibility index (Phi) is 7.29. The molecule has 0 atom stereocenters. The Labute approximate surface area is 198 Å². The number of piperazine rings is 1. The summed E-state index contributed by atoms with van der Waals surface area (Å²) in [7, 11) is 2.17. The van der Waals surface area contributed by atoms with Gasteiger partial charge in [0.05, 0.1) is 27.5 Å². The van der Waals surface area contributed by atoms with Gasteiger partial charge in [0.2, 0.25) is 0 Å². The molecule has 4 rings (SSSR count). The maximum atomic E-state index is 9.65. The highest BCUT2D eigenvalue weighted by Crippen LogP contribution is 2.33. The molecule has 2 aromatic carbocycles. The second-order valence-corrected chi connectivity index (χ2v) is 8.86. The van der Waals surface area contributed by atoms with Crippen LogP contribution in [0.4, 0.5) is 11.4 Å². The van der Waals surface area contributed by atoms with Crippen LogP contribution < -0.4 is 5.32 Å². The predicted molar refractivity (Wildman–Crippen MR) is 134 cm³/mol. The summed E-state index contributed by atoms with van der Waals surface area (Å²) in [6.07, 6.45) is 6.93. The zero-order valence-corrected chi connectivity index (χ0v) is 19.5. The van der Waals surface area contributed by atoms with Gasteiger partial charge in [-0.2, -0.15) is 5.26 Å². The number of likely N-dealkylation sites (N-methyl/N-ethyl adjacent to an activating group) is 1. The molecule has 0 spiro atoms. The van der Waals surface area contributed by atoms with Crippen molar-refractivity contribution in [2.75, 3.05) is 45.1 Å². The monoisotopic (exact) mass is 465 g/mol. The summed E-state index contributed by atoms with van der Waals surface area (Å²) in [5.41, 5.74) is 3.71. The van der Waals surface area contributed by atoms with Crippen LogP contribution >= 0.6 is 23.2 Å². The summed E-state index contributed by atoms with van der Waals surface area (Å²) in [6.45, 7) is 5.60. The molecule has 2 heterocycles. The SMILES string of the molecule is CN1CCN(CCC=Cc2ccc3ncc(C#N)c(Nc4ccc(Cl)cc4Cl)c3c2)CC1. The molecule has 1 N–H and O–H groups in total. The van der Waals surface area contributed by atoms with E-state index in [-0.39, 0.29) is 0 Å². The fourth-order valence-electron chi connectivity index (χ4n) is 3.81. The molecule has 164 valence electrons. The molecule has 0 aliphatic carbocycles. The van der Waals surface area contributed by atoms with Gasteiger partial charge in [-0.05, 0) is 49.4 Å². The average Bonchev–Trinajstić information content (AvgIpc) is 2.79. The van der Waals surface area contributed by atoms with E-state index in [4.69, 9.17) is 23.2 Å². The lowest BCUT2D eigenvalue weighted by Crippen LogP contribution is -2.44. The standard InChI is InChI=1S/C25H25Cl2N5/c1-31-10-12-32(13-11-31)9-3-2-4-18-5-7-23-21(14-18)25(19(16-28)17-29-23)30-24-8-6-20(26)15-22(24)27/h2,4-8,14-15,17H,3,9-13H2,1H3,(H,29,30). The number of benzene rings is 2. The molecule has 0 radical (unpaired) electrons. The van der Waals surface area contributed by atoms with E-state index in [1.165, 1.54) is 0 Å². The van der Waals surface area contributed by atoms with Crippen molar-refractivity contribution in [3.05, 3.63) is 69.8 Å². The first-order valence-corrected chi connectivity index (χ1v) is 11.4. The molecule has 1 aliphatic heterocycles. The molecule has 1 aliphatic rings. The van der Waals surface area contributed by atoms with Gasteiger partial charge in [-0.3, -0.25) is 4.98 Å². The number of hydrogen-bond acceptors (Lipinski definition) is 5. The molecule has 7 heteroatoms. The van der Waals surface area contributed by atoms with Crippen molar-refractivity contribution in [2.45, 2.75) is 6.42 Å². The van der Waals surface area contributed by atoms with Gasteiger partial charge in [-0.15, -0.1) is 0 Å². The summed E-state index contributed by atoms with van der Waals surface area (Å²) >= 11 is 12.4. The lowest BCUT2D eigenvalue weighted by Gasteiger charge is -2.32. The average molecular weight is 466 g/mol. The Hall–Kier alpha value is -2.62. The Balaban J connectivity index is 1.55. The van der Waals surface area contributed by atoms with Crippen molar-refractivity contribution >= 4 is 51.6 Å². The smallest absolute Gasteiger partial charge is 0.103 e. The summed E-state index contributed by atoms with van der Waals surface area (Å²) in [5.74, 6) is 0. The van der Waals surface area contributed by atoms with Crippen LogP contribution in [0.15, 0.2) is 48.7 Å². The number of nitrogens with one attached hydrogen (secondary N) is 1. The summed E-state index contributed by atoms with van der Waals surface area (Å²) in [5, 5.41) is 14.9. The summed E-state index contributed by atoms with van der Waals surface area (Å²) in [6, 6.07) is 13.6. The summed E-state index contributed by atoms with van der Waals surface area (Å²) < 4.78 is 0. The molecule has 3 aromatic rings. The van der Waals surface area contributed by atoms with Gasteiger partial charge in [-0.1, -0.05) is 41.4 Å². The number of anilines is 2. The highest BCUT2D eigenvalue weighted by atomic mass is 35.5. The third kappa shape index (κ3) is 5.40. The van der Waals surface area contributed by atoms with Crippen molar-refractivity contribution < 1.29 is 0 Å². The molecular weight excluding hydrogens is 441 g/mol. The normalized spacial score (nSPS) is 15.3. The van der Waals surface area contributed by atoms with Gasteiger partial charge in [0, 0.05) is 49.3 Å². The van der Waals surface area contributed by atoms with Gasteiger partial charge < -0.3 is 15.1 Å². The van der Waals surface area contributed by atoms with Crippen LogP contribution in [0, 0.1) is 11.3 Å². The molecule has 5 nitrogen and oxygen atoms in total. The minimum absolute atomic E-state index is 0.458. The molecule has 1 fully saturated rings. The third-order valence-corrected chi connectivity index (χ3v) is 6.27. The largest absolute Gasteiger partial charge is 0.353 e. The number of aromatic nitrogens is 1. The number of pyridine rings is 1. The number of nitrogens with zero attached hydrogens (tertiary/aromatic N) is 4. The number of rotatable bonds is 6. The minimum Gasteiger partial charge on any atom is -0.353 e. The van der Waals surface area contributed by atoms with Crippen LogP contribution in [0.3, 0.4) is 0 Å². The zero-order valence-electron chi connectivity index (χ0n) is 18.0. The van der Waals surface area contributed by atoms with Crippen molar-refractivity contribution in [1.82, 2.24) is 14.8 Å². The lowest BCUT2D eigenvalue weighted by molar-refractivity contribution is 0.156. The van der Waals surface area contributed by atoms with Crippen LogP contribution in [0.1, 0.15) is 17.5 Å². The van der Waals surface area contributed by atoms with Crippen LogP contribution in [-0.4, -0.2) is 54.6 Å². The van der Waals surface area contributed by atoms with Gasteiger partial charge in [0.15, 0.2) is 0 Å². The first-order valence-electron chi connectivity index (χ1n) is 10.7.